The second kappa shape index (κ2) is 9.80. The van der Waals surface area contributed by atoms with Crippen LogP contribution in [-0.2, 0) is 11.3 Å². The second-order valence-corrected chi connectivity index (χ2v) is 10.4. The summed E-state index contributed by atoms with van der Waals surface area (Å²) in [7, 11) is 0. The summed E-state index contributed by atoms with van der Waals surface area (Å²) in [4.78, 5) is 14.6. The van der Waals surface area contributed by atoms with Crippen LogP contribution in [0.4, 0.5) is 0 Å². The fourth-order valence-electron chi connectivity index (χ4n) is 4.40. The fraction of sp³-hybridized carbons (Fsp3) is 0.214. The number of halogens is 1. The molecule has 4 aromatic rings. The molecule has 0 bridgehead atoms. The van der Waals surface area contributed by atoms with Gasteiger partial charge in [0.05, 0.1) is 17.5 Å². The molecule has 0 radical (unpaired) electrons. The van der Waals surface area contributed by atoms with Crippen LogP contribution in [0.25, 0.3) is 10.9 Å². The molecule has 0 saturated carbocycles. The van der Waals surface area contributed by atoms with Gasteiger partial charge in [0.2, 0.25) is 0 Å². The molecule has 34 heavy (non-hydrogen) atoms. The van der Waals surface area contributed by atoms with Crippen molar-refractivity contribution >= 4 is 50.2 Å². The summed E-state index contributed by atoms with van der Waals surface area (Å²) in [6, 6.07) is 24.8. The number of carbonyl (C=O) groups is 1. The number of benzene rings is 3. The Kier molecular flexibility index (Phi) is 6.61. The number of aryl methyl sites for hydroxylation is 2. The van der Waals surface area contributed by atoms with Crippen LogP contribution in [-0.4, -0.2) is 26.9 Å². The number of rotatable bonds is 6. The van der Waals surface area contributed by atoms with Crippen LogP contribution in [0.3, 0.4) is 0 Å². The van der Waals surface area contributed by atoms with Gasteiger partial charge in [-0.25, -0.2) is 5.01 Å². The average Bonchev–Trinajstić information content (AvgIpc) is 3.46. The van der Waals surface area contributed by atoms with Crippen molar-refractivity contribution in [1.82, 2.24) is 9.58 Å². The standard InChI is InChI=1S/C28H26BrN3OS/c1-3-31-17-27(23-6-4-5-7-25(23)31)34-18-28(33)32-26(21-10-8-19(2)9-11-21)16-24(30-32)20-12-14-22(29)15-13-20/h4-15,17,26H,3,16,18H2,1-2H3/t26-/m0/s1. The zero-order valence-electron chi connectivity index (χ0n) is 19.2. The van der Waals surface area contributed by atoms with Gasteiger partial charge in [-0.15, -0.1) is 11.8 Å². The molecule has 1 aliphatic heterocycles. The lowest BCUT2D eigenvalue weighted by molar-refractivity contribution is -0.130. The summed E-state index contributed by atoms with van der Waals surface area (Å²) in [5.41, 5.74) is 5.52. The van der Waals surface area contributed by atoms with Crippen molar-refractivity contribution in [2.75, 3.05) is 5.75 Å². The van der Waals surface area contributed by atoms with Gasteiger partial charge in [0.1, 0.15) is 0 Å². The first kappa shape index (κ1) is 22.9. The second-order valence-electron chi connectivity index (χ2n) is 8.51. The Balaban J connectivity index is 1.41. The molecule has 1 amide bonds. The van der Waals surface area contributed by atoms with Crippen molar-refractivity contribution in [1.29, 1.82) is 0 Å². The third-order valence-corrected chi connectivity index (χ3v) is 7.81. The van der Waals surface area contributed by atoms with Crippen molar-refractivity contribution < 1.29 is 4.79 Å². The molecule has 6 heteroatoms. The highest BCUT2D eigenvalue weighted by molar-refractivity contribution is 9.10. The van der Waals surface area contributed by atoms with Gasteiger partial charge in [-0.05, 0) is 43.2 Å². The van der Waals surface area contributed by atoms with Crippen LogP contribution in [0.15, 0.2) is 93.5 Å². The molecule has 1 aromatic heterocycles. The summed E-state index contributed by atoms with van der Waals surface area (Å²) < 4.78 is 3.26. The number of amides is 1. The predicted molar refractivity (Wildman–Crippen MR) is 144 cm³/mol. The van der Waals surface area contributed by atoms with Crippen LogP contribution in [0, 0.1) is 6.92 Å². The zero-order valence-corrected chi connectivity index (χ0v) is 21.6. The first-order chi connectivity index (χ1) is 16.5. The molecule has 0 unspecified atom stereocenters. The minimum atomic E-state index is -0.0932. The first-order valence-corrected chi connectivity index (χ1v) is 13.2. The number of thioether (sulfide) groups is 1. The van der Waals surface area contributed by atoms with E-state index in [1.54, 1.807) is 16.8 Å². The summed E-state index contributed by atoms with van der Waals surface area (Å²) >= 11 is 5.09. The largest absolute Gasteiger partial charge is 0.347 e. The fourth-order valence-corrected chi connectivity index (χ4v) is 5.61. The molecule has 2 heterocycles. The Labute approximate surface area is 212 Å². The number of hydrazone groups is 1. The number of para-hydroxylation sites is 1. The molecule has 1 aliphatic rings. The summed E-state index contributed by atoms with van der Waals surface area (Å²) in [6.07, 6.45) is 2.86. The van der Waals surface area contributed by atoms with Crippen LogP contribution in [0.5, 0.6) is 0 Å². The summed E-state index contributed by atoms with van der Waals surface area (Å²) in [5.74, 6) is 0.369. The SMILES string of the molecule is CCn1cc(SCC(=O)N2N=C(c3ccc(Br)cc3)C[C@H]2c2ccc(C)cc2)c2ccccc21. The molecule has 172 valence electrons. The Morgan fingerprint density at radius 1 is 1.06 bits per heavy atom. The van der Waals surface area contributed by atoms with Crippen molar-refractivity contribution in [3.8, 4) is 0 Å². The van der Waals surface area contributed by atoms with E-state index in [2.05, 4.69) is 101 Å². The lowest BCUT2D eigenvalue weighted by Crippen LogP contribution is -2.28. The molecular formula is C28H26BrN3OS. The van der Waals surface area contributed by atoms with Crippen molar-refractivity contribution in [3.05, 3.63) is 100 Å². The van der Waals surface area contributed by atoms with Gasteiger partial charge in [0.15, 0.2) is 0 Å². The number of aromatic nitrogens is 1. The molecule has 0 fully saturated rings. The monoisotopic (exact) mass is 531 g/mol. The minimum Gasteiger partial charge on any atom is -0.347 e. The van der Waals surface area contributed by atoms with E-state index >= 15 is 0 Å². The Hall–Kier alpha value is -2.83. The van der Waals surface area contributed by atoms with Gasteiger partial charge in [0.25, 0.3) is 5.91 Å². The van der Waals surface area contributed by atoms with E-state index in [0.717, 1.165) is 32.8 Å². The third kappa shape index (κ3) is 4.57. The van der Waals surface area contributed by atoms with Crippen molar-refractivity contribution in [2.45, 2.75) is 37.8 Å². The lowest BCUT2D eigenvalue weighted by atomic mass is 9.98. The van der Waals surface area contributed by atoms with Crippen LogP contribution in [0.2, 0.25) is 0 Å². The maximum atomic E-state index is 13.5. The van der Waals surface area contributed by atoms with Gasteiger partial charge < -0.3 is 4.57 Å². The van der Waals surface area contributed by atoms with Crippen molar-refractivity contribution in [2.24, 2.45) is 5.10 Å². The molecular weight excluding hydrogens is 506 g/mol. The molecule has 3 aromatic carbocycles. The molecule has 4 nitrogen and oxygen atoms in total. The van der Waals surface area contributed by atoms with Gasteiger partial charge in [0, 0.05) is 39.4 Å². The highest BCUT2D eigenvalue weighted by Crippen LogP contribution is 2.35. The Morgan fingerprint density at radius 3 is 2.53 bits per heavy atom. The van der Waals surface area contributed by atoms with Crippen LogP contribution >= 0.6 is 27.7 Å². The number of carbonyl (C=O) groups excluding carboxylic acids is 1. The van der Waals surface area contributed by atoms with E-state index in [9.17, 15) is 4.79 Å². The molecule has 1 atom stereocenters. The van der Waals surface area contributed by atoms with Crippen molar-refractivity contribution in [3.63, 3.8) is 0 Å². The van der Waals surface area contributed by atoms with Gasteiger partial charge in [-0.2, -0.15) is 5.10 Å². The van der Waals surface area contributed by atoms with E-state index in [-0.39, 0.29) is 11.9 Å². The zero-order chi connectivity index (χ0) is 23.7. The predicted octanol–water partition coefficient (Wildman–Crippen LogP) is 7.20. The highest BCUT2D eigenvalue weighted by Gasteiger charge is 2.33. The minimum absolute atomic E-state index is 0.0241. The maximum absolute atomic E-state index is 13.5. The van der Waals surface area contributed by atoms with E-state index in [1.807, 2.05) is 12.1 Å². The number of fused-ring (bicyclic) bond motifs is 1. The van der Waals surface area contributed by atoms with E-state index < -0.39 is 0 Å². The molecule has 0 spiro atoms. The topological polar surface area (TPSA) is 37.6 Å². The first-order valence-electron chi connectivity index (χ1n) is 11.5. The molecule has 0 saturated heterocycles. The molecule has 0 aliphatic carbocycles. The quantitative estimate of drug-likeness (QED) is 0.246. The highest BCUT2D eigenvalue weighted by atomic mass is 79.9. The van der Waals surface area contributed by atoms with Gasteiger partial charge >= 0.3 is 0 Å². The molecule has 0 N–H and O–H groups in total. The summed E-state index contributed by atoms with van der Waals surface area (Å²) in [5, 5.41) is 7.73. The van der Waals surface area contributed by atoms with E-state index in [4.69, 9.17) is 5.10 Å². The van der Waals surface area contributed by atoms with Crippen LogP contribution < -0.4 is 0 Å². The normalized spacial score (nSPS) is 15.7. The number of hydrogen-bond donors (Lipinski definition) is 0. The average molecular weight is 533 g/mol. The van der Waals surface area contributed by atoms with E-state index in [0.29, 0.717) is 12.2 Å². The van der Waals surface area contributed by atoms with Gasteiger partial charge in [-0.3, -0.25) is 4.79 Å². The Bertz CT molecular complexity index is 1360. The summed E-state index contributed by atoms with van der Waals surface area (Å²) in [6.45, 7) is 5.12. The number of hydrogen-bond acceptors (Lipinski definition) is 3. The lowest BCUT2D eigenvalue weighted by Gasteiger charge is -2.22. The van der Waals surface area contributed by atoms with Gasteiger partial charge in [-0.1, -0.05) is 76.1 Å². The smallest absolute Gasteiger partial charge is 0.253 e. The molecule has 5 rings (SSSR count). The van der Waals surface area contributed by atoms with Crippen LogP contribution in [0.1, 0.15) is 36.1 Å². The van der Waals surface area contributed by atoms with E-state index in [1.165, 1.54) is 16.5 Å². The third-order valence-electron chi connectivity index (χ3n) is 6.25. The Morgan fingerprint density at radius 2 is 1.79 bits per heavy atom. The maximum Gasteiger partial charge on any atom is 0.253 e. The number of nitrogens with zero attached hydrogens (tertiary/aromatic N) is 3.